The van der Waals surface area contributed by atoms with Crippen LogP contribution in [0.2, 0.25) is 0 Å². The molecule has 1 aliphatic heterocycles. The quantitative estimate of drug-likeness (QED) is 0.912. The lowest BCUT2D eigenvalue weighted by atomic mass is 10.1. The molecule has 1 unspecified atom stereocenters. The highest BCUT2D eigenvalue weighted by Gasteiger charge is 2.35. The minimum Gasteiger partial charge on any atom is -0.337 e. The number of likely N-dealkylation sites (tertiary alicyclic amines) is 1. The van der Waals surface area contributed by atoms with Crippen LogP contribution in [0.15, 0.2) is 28.8 Å². The largest absolute Gasteiger partial charge is 0.337 e. The number of urea groups is 1. The van der Waals surface area contributed by atoms with Gasteiger partial charge in [-0.2, -0.15) is 4.98 Å². The third-order valence-electron chi connectivity index (χ3n) is 4.00. The molecule has 1 saturated heterocycles. The van der Waals surface area contributed by atoms with Crippen molar-refractivity contribution in [3.8, 4) is 11.4 Å². The van der Waals surface area contributed by atoms with Crippen molar-refractivity contribution in [2.24, 2.45) is 0 Å². The van der Waals surface area contributed by atoms with E-state index in [1.165, 1.54) is 0 Å². The smallest absolute Gasteiger partial charge is 0.318 e. The van der Waals surface area contributed by atoms with Crippen LogP contribution in [-0.4, -0.2) is 33.2 Å². The Balaban J connectivity index is 1.80. The Morgan fingerprint density at radius 1 is 1.38 bits per heavy atom. The first-order chi connectivity index (χ1) is 11.3. The van der Waals surface area contributed by atoms with Gasteiger partial charge in [0.2, 0.25) is 11.7 Å². The number of nitrogens with zero attached hydrogens (tertiary/aromatic N) is 3. The molecule has 2 heterocycles. The fourth-order valence-corrected chi connectivity index (χ4v) is 2.93. The first kappa shape index (κ1) is 16.5. The summed E-state index contributed by atoms with van der Waals surface area (Å²) < 4.78 is 5.47. The number of hydrogen-bond acceptors (Lipinski definition) is 4. The summed E-state index contributed by atoms with van der Waals surface area (Å²) in [5, 5.41) is 7.10. The number of carbonyl (C=O) groups excluding carboxylic acids is 1. The van der Waals surface area contributed by atoms with Gasteiger partial charge in [-0.05, 0) is 46.6 Å². The van der Waals surface area contributed by atoms with E-state index in [0.717, 1.165) is 24.0 Å². The summed E-state index contributed by atoms with van der Waals surface area (Å²) in [7, 11) is 0. The second-order valence-electron chi connectivity index (χ2n) is 7.36. The van der Waals surface area contributed by atoms with Crippen molar-refractivity contribution >= 4 is 6.03 Å². The first-order valence-electron chi connectivity index (χ1n) is 8.33. The third-order valence-corrected chi connectivity index (χ3v) is 4.00. The van der Waals surface area contributed by atoms with Crippen LogP contribution < -0.4 is 5.32 Å². The number of carbonyl (C=O) groups is 1. The van der Waals surface area contributed by atoms with Gasteiger partial charge in [0.1, 0.15) is 6.04 Å². The highest BCUT2D eigenvalue weighted by atomic mass is 16.5. The van der Waals surface area contributed by atoms with E-state index in [2.05, 4.69) is 15.5 Å². The van der Waals surface area contributed by atoms with Crippen molar-refractivity contribution in [3.63, 3.8) is 0 Å². The molecule has 0 bridgehead atoms. The van der Waals surface area contributed by atoms with Crippen molar-refractivity contribution in [1.82, 2.24) is 20.4 Å². The van der Waals surface area contributed by atoms with Gasteiger partial charge < -0.3 is 14.7 Å². The van der Waals surface area contributed by atoms with E-state index in [1.54, 1.807) is 4.90 Å². The maximum atomic E-state index is 12.5. The lowest BCUT2D eigenvalue weighted by molar-refractivity contribution is 0.172. The second-order valence-corrected chi connectivity index (χ2v) is 7.36. The molecule has 1 aromatic carbocycles. The zero-order valence-electron chi connectivity index (χ0n) is 14.7. The van der Waals surface area contributed by atoms with Crippen molar-refractivity contribution in [3.05, 3.63) is 35.7 Å². The van der Waals surface area contributed by atoms with Gasteiger partial charge in [-0.1, -0.05) is 28.9 Å². The molecule has 0 spiro atoms. The second kappa shape index (κ2) is 6.26. The van der Waals surface area contributed by atoms with Crippen LogP contribution in [0.3, 0.4) is 0 Å². The molecule has 3 rings (SSSR count). The van der Waals surface area contributed by atoms with Crippen molar-refractivity contribution < 1.29 is 9.32 Å². The van der Waals surface area contributed by atoms with Crippen LogP contribution in [0, 0.1) is 6.92 Å². The summed E-state index contributed by atoms with van der Waals surface area (Å²) in [6, 6.07) is 7.74. The third kappa shape index (κ3) is 3.58. The molecule has 1 N–H and O–H groups in total. The van der Waals surface area contributed by atoms with Gasteiger partial charge in [-0.15, -0.1) is 0 Å². The number of nitrogens with one attached hydrogen (secondary N) is 1. The average molecular weight is 328 g/mol. The van der Waals surface area contributed by atoms with Gasteiger partial charge in [0.25, 0.3) is 0 Å². The Kier molecular flexibility index (Phi) is 4.30. The van der Waals surface area contributed by atoms with E-state index in [4.69, 9.17) is 4.52 Å². The van der Waals surface area contributed by atoms with Gasteiger partial charge in [0, 0.05) is 17.6 Å². The van der Waals surface area contributed by atoms with E-state index < -0.39 is 0 Å². The molecule has 1 fully saturated rings. The Morgan fingerprint density at radius 2 is 2.17 bits per heavy atom. The molecule has 2 aromatic rings. The molecular weight excluding hydrogens is 304 g/mol. The van der Waals surface area contributed by atoms with Crippen LogP contribution >= 0.6 is 0 Å². The summed E-state index contributed by atoms with van der Waals surface area (Å²) in [5.74, 6) is 1.07. The summed E-state index contributed by atoms with van der Waals surface area (Å²) in [6.07, 6.45) is 1.78. The number of benzene rings is 1. The normalized spacial score (nSPS) is 18.0. The summed E-state index contributed by atoms with van der Waals surface area (Å²) in [6.45, 7) is 8.64. The van der Waals surface area contributed by atoms with E-state index in [-0.39, 0.29) is 17.6 Å². The predicted octanol–water partition coefficient (Wildman–Crippen LogP) is 3.69. The van der Waals surface area contributed by atoms with Crippen LogP contribution in [0.4, 0.5) is 4.79 Å². The lowest BCUT2D eigenvalue weighted by Gasteiger charge is -2.28. The topological polar surface area (TPSA) is 71.3 Å². The molecule has 6 nitrogen and oxygen atoms in total. The Hall–Kier alpha value is -2.37. The Bertz CT molecular complexity index is 733. The SMILES string of the molecule is Cc1cccc(-c2noc(C3CCCN3C(=O)NC(C)(C)C)n2)c1. The average Bonchev–Trinajstić information content (AvgIpc) is 3.14. The van der Waals surface area contributed by atoms with Crippen molar-refractivity contribution in [2.75, 3.05) is 6.54 Å². The minimum atomic E-state index is -0.272. The van der Waals surface area contributed by atoms with E-state index in [9.17, 15) is 4.79 Å². The zero-order chi connectivity index (χ0) is 17.3. The number of aromatic nitrogens is 2. The van der Waals surface area contributed by atoms with Crippen molar-refractivity contribution in [1.29, 1.82) is 0 Å². The Morgan fingerprint density at radius 3 is 2.88 bits per heavy atom. The predicted molar refractivity (Wildman–Crippen MR) is 91.4 cm³/mol. The van der Waals surface area contributed by atoms with E-state index in [0.29, 0.717) is 18.3 Å². The monoisotopic (exact) mass is 328 g/mol. The number of amides is 2. The van der Waals surface area contributed by atoms with Crippen LogP contribution in [0.5, 0.6) is 0 Å². The molecule has 2 amide bonds. The highest BCUT2D eigenvalue weighted by molar-refractivity contribution is 5.75. The fraction of sp³-hybridized carbons (Fsp3) is 0.500. The molecule has 24 heavy (non-hydrogen) atoms. The standard InChI is InChI=1S/C18H24N4O2/c1-12-7-5-8-13(11-12)15-19-16(24-21-15)14-9-6-10-22(14)17(23)20-18(2,3)4/h5,7-8,11,14H,6,9-10H2,1-4H3,(H,20,23). The van der Waals surface area contributed by atoms with E-state index in [1.807, 2.05) is 52.0 Å². The fourth-order valence-electron chi connectivity index (χ4n) is 2.93. The highest BCUT2D eigenvalue weighted by Crippen LogP contribution is 2.32. The summed E-state index contributed by atoms with van der Waals surface area (Å²) in [4.78, 5) is 18.8. The van der Waals surface area contributed by atoms with E-state index >= 15 is 0 Å². The first-order valence-corrected chi connectivity index (χ1v) is 8.33. The van der Waals surface area contributed by atoms with Crippen LogP contribution in [0.1, 0.15) is 51.1 Å². The molecule has 6 heteroatoms. The molecule has 1 aromatic heterocycles. The van der Waals surface area contributed by atoms with Crippen LogP contribution in [-0.2, 0) is 0 Å². The minimum absolute atomic E-state index is 0.0831. The maximum Gasteiger partial charge on any atom is 0.318 e. The molecular formula is C18H24N4O2. The number of aryl methyl sites for hydroxylation is 1. The van der Waals surface area contributed by atoms with Gasteiger partial charge in [-0.25, -0.2) is 4.79 Å². The van der Waals surface area contributed by atoms with Gasteiger partial charge >= 0.3 is 6.03 Å². The summed E-state index contributed by atoms with van der Waals surface area (Å²) in [5.41, 5.74) is 1.80. The van der Waals surface area contributed by atoms with Gasteiger partial charge in [0.05, 0.1) is 0 Å². The van der Waals surface area contributed by atoms with Crippen LogP contribution in [0.25, 0.3) is 11.4 Å². The summed E-state index contributed by atoms with van der Waals surface area (Å²) >= 11 is 0. The molecule has 1 aliphatic rings. The molecule has 128 valence electrons. The number of rotatable bonds is 2. The molecule has 1 atom stereocenters. The molecule has 0 saturated carbocycles. The Labute approximate surface area is 142 Å². The molecule has 0 radical (unpaired) electrons. The van der Waals surface area contributed by atoms with Gasteiger partial charge in [-0.3, -0.25) is 0 Å². The maximum absolute atomic E-state index is 12.5. The zero-order valence-corrected chi connectivity index (χ0v) is 14.7. The van der Waals surface area contributed by atoms with Gasteiger partial charge in [0.15, 0.2) is 0 Å². The lowest BCUT2D eigenvalue weighted by Crippen LogP contribution is -2.48. The van der Waals surface area contributed by atoms with Crippen molar-refractivity contribution in [2.45, 2.75) is 52.1 Å². The molecule has 0 aliphatic carbocycles. The number of hydrogen-bond donors (Lipinski definition) is 1.